The molecule has 0 aliphatic rings. The largest absolute Gasteiger partial charge is 0.317 e. The normalized spacial score (nSPS) is 11.1. The number of halogens is 2. The van der Waals surface area contributed by atoms with Crippen LogP contribution >= 0.6 is 0 Å². The Morgan fingerprint density at radius 1 is 0.893 bits per heavy atom. The molecule has 3 rings (SSSR count). The van der Waals surface area contributed by atoms with E-state index in [9.17, 15) is 22.0 Å². The van der Waals surface area contributed by atoms with Gasteiger partial charge in [-0.3, -0.25) is 9.52 Å². The summed E-state index contributed by atoms with van der Waals surface area (Å²) in [6, 6.07) is 15.3. The van der Waals surface area contributed by atoms with Crippen LogP contribution in [0.2, 0.25) is 0 Å². The monoisotopic (exact) mass is 402 g/mol. The quantitative estimate of drug-likeness (QED) is 0.667. The van der Waals surface area contributed by atoms with E-state index in [0.29, 0.717) is 5.56 Å². The summed E-state index contributed by atoms with van der Waals surface area (Å²) in [7, 11) is -3.85. The molecule has 0 aromatic heterocycles. The van der Waals surface area contributed by atoms with Crippen LogP contribution in [0.5, 0.6) is 0 Å². The fourth-order valence-corrected chi connectivity index (χ4v) is 3.62. The first kappa shape index (κ1) is 19.5. The molecule has 0 aliphatic carbocycles. The Balaban J connectivity index is 1.88. The number of carbonyl (C=O) groups is 1. The van der Waals surface area contributed by atoms with Crippen molar-refractivity contribution in [2.75, 3.05) is 10.0 Å². The second kappa shape index (κ2) is 7.77. The van der Waals surface area contributed by atoms with Gasteiger partial charge in [0.1, 0.15) is 17.3 Å². The molecule has 0 saturated carbocycles. The van der Waals surface area contributed by atoms with Gasteiger partial charge in [-0.05, 0) is 48.9 Å². The minimum atomic E-state index is -3.85. The van der Waals surface area contributed by atoms with Crippen LogP contribution in [0.25, 0.3) is 0 Å². The Hall–Kier alpha value is -3.26. The predicted octanol–water partition coefficient (Wildman–Crippen LogP) is 4.33. The zero-order valence-electron chi connectivity index (χ0n) is 14.7. The van der Waals surface area contributed by atoms with E-state index in [-0.39, 0.29) is 16.1 Å². The summed E-state index contributed by atoms with van der Waals surface area (Å²) in [6.07, 6.45) is 0. The van der Waals surface area contributed by atoms with Crippen molar-refractivity contribution in [2.24, 2.45) is 0 Å². The molecular weight excluding hydrogens is 386 g/mol. The zero-order valence-corrected chi connectivity index (χ0v) is 15.6. The van der Waals surface area contributed by atoms with Gasteiger partial charge in [-0.2, -0.15) is 0 Å². The van der Waals surface area contributed by atoms with Gasteiger partial charge in [0, 0.05) is 5.56 Å². The van der Waals surface area contributed by atoms with Crippen LogP contribution in [-0.2, 0) is 10.0 Å². The zero-order chi connectivity index (χ0) is 20.3. The van der Waals surface area contributed by atoms with Crippen LogP contribution < -0.4 is 10.0 Å². The molecule has 0 saturated heterocycles. The van der Waals surface area contributed by atoms with E-state index in [0.717, 1.165) is 12.1 Å². The fourth-order valence-electron chi connectivity index (χ4n) is 2.48. The van der Waals surface area contributed by atoms with Crippen molar-refractivity contribution >= 4 is 27.3 Å². The number of nitrogens with one attached hydrogen (secondary N) is 2. The van der Waals surface area contributed by atoms with Gasteiger partial charge in [-0.15, -0.1) is 0 Å². The summed E-state index contributed by atoms with van der Waals surface area (Å²) >= 11 is 0. The van der Waals surface area contributed by atoms with Crippen molar-refractivity contribution in [2.45, 2.75) is 11.8 Å². The lowest BCUT2D eigenvalue weighted by molar-refractivity contribution is 0.102. The third-order valence-corrected chi connectivity index (χ3v) is 5.38. The maximum Gasteiger partial charge on any atom is 0.261 e. The third kappa shape index (κ3) is 4.17. The molecule has 1 amide bonds. The molecule has 0 spiro atoms. The fraction of sp³-hybridized carbons (Fsp3) is 0.0500. The maximum absolute atomic E-state index is 13.7. The Kier molecular flexibility index (Phi) is 5.41. The Labute approximate surface area is 161 Å². The molecule has 0 aliphatic heterocycles. The highest BCUT2D eigenvalue weighted by Crippen LogP contribution is 2.23. The molecule has 3 aromatic carbocycles. The van der Waals surface area contributed by atoms with Gasteiger partial charge in [-0.1, -0.05) is 30.3 Å². The molecule has 0 heterocycles. The summed E-state index contributed by atoms with van der Waals surface area (Å²) in [6.45, 7) is 1.67. The average molecular weight is 402 g/mol. The smallest absolute Gasteiger partial charge is 0.261 e. The lowest BCUT2D eigenvalue weighted by Gasteiger charge is -2.13. The molecule has 0 fully saturated rings. The van der Waals surface area contributed by atoms with Crippen molar-refractivity contribution in [3.05, 3.63) is 89.5 Å². The van der Waals surface area contributed by atoms with Gasteiger partial charge in [0.2, 0.25) is 0 Å². The predicted molar refractivity (Wildman–Crippen MR) is 103 cm³/mol. The second-order valence-corrected chi connectivity index (χ2v) is 7.68. The van der Waals surface area contributed by atoms with Crippen LogP contribution in [-0.4, -0.2) is 14.3 Å². The minimum absolute atomic E-state index is 0.0408. The van der Waals surface area contributed by atoms with Crippen LogP contribution in [0.15, 0.2) is 71.6 Å². The number of para-hydroxylation sites is 1. The average Bonchev–Trinajstić information content (AvgIpc) is 2.67. The lowest BCUT2D eigenvalue weighted by Crippen LogP contribution is -2.17. The van der Waals surface area contributed by atoms with E-state index < -0.39 is 33.3 Å². The van der Waals surface area contributed by atoms with Crippen molar-refractivity contribution in [3.8, 4) is 0 Å². The molecular formula is C20H16F2N2O3S. The van der Waals surface area contributed by atoms with Crippen molar-refractivity contribution in [3.63, 3.8) is 0 Å². The number of sulfonamides is 1. The number of hydrogen-bond acceptors (Lipinski definition) is 3. The first-order chi connectivity index (χ1) is 13.3. The van der Waals surface area contributed by atoms with E-state index in [1.54, 1.807) is 25.1 Å². The number of carbonyl (C=O) groups excluding carboxylic acids is 1. The number of benzene rings is 3. The Morgan fingerprint density at radius 2 is 1.54 bits per heavy atom. The highest BCUT2D eigenvalue weighted by molar-refractivity contribution is 7.92. The molecule has 5 nitrogen and oxygen atoms in total. The minimum Gasteiger partial charge on any atom is -0.317 e. The van der Waals surface area contributed by atoms with Crippen LogP contribution in [0.3, 0.4) is 0 Å². The Bertz CT molecular complexity index is 1110. The van der Waals surface area contributed by atoms with E-state index in [4.69, 9.17) is 0 Å². The van der Waals surface area contributed by atoms with Gasteiger partial charge in [0.05, 0.1) is 10.6 Å². The second-order valence-electron chi connectivity index (χ2n) is 6.00. The van der Waals surface area contributed by atoms with Gasteiger partial charge < -0.3 is 5.32 Å². The number of amides is 1. The van der Waals surface area contributed by atoms with E-state index in [2.05, 4.69) is 10.0 Å². The molecule has 0 radical (unpaired) electrons. The number of aryl methyl sites for hydroxylation is 1. The SMILES string of the molecule is Cc1ccc(C(=O)Nc2c(F)cccc2F)cc1NS(=O)(=O)c1ccccc1. The molecule has 3 aromatic rings. The molecule has 8 heteroatoms. The standard InChI is InChI=1S/C20H16F2N2O3S/c1-13-10-11-14(20(25)23-19-16(21)8-5-9-17(19)22)12-18(13)24-28(26,27)15-6-3-2-4-7-15/h2-12,24H,1H3,(H,23,25). The maximum atomic E-state index is 13.7. The summed E-state index contributed by atoms with van der Waals surface area (Å²) < 4.78 is 54.9. The summed E-state index contributed by atoms with van der Waals surface area (Å²) in [4.78, 5) is 12.5. The lowest BCUT2D eigenvalue weighted by atomic mass is 10.1. The summed E-state index contributed by atoms with van der Waals surface area (Å²) in [5, 5.41) is 2.17. The Morgan fingerprint density at radius 3 is 2.18 bits per heavy atom. The van der Waals surface area contributed by atoms with Gasteiger partial charge >= 0.3 is 0 Å². The van der Waals surface area contributed by atoms with Gasteiger partial charge in [-0.25, -0.2) is 17.2 Å². The van der Waals surface area contributed by atoms with Crippen LogP contribution in [0.1, 0.15) is 15.9 Å². The molecule has 28 heavy (non-hydrogen) atoms. The number of rotatable bonds is 5. The number of hydrogen-bond donors (Lipinski definition) is 2. The summed E-state index contributed by atoms with van der Waals surface area (Å²) in [5.41, 5.74) is 0.233. The molecule has 0 unspecified atom stereocenters. The molecule has 0 bridgehead atoms. The first-order valence-electron chi connectivity index (χ1n) is 8.22. The van der Waals surface area contributed by atoms with Crippen molar-refractivity contribution < 1.29 is 22.0 Å². The molecule has 2 N–H and O–H groups in total. The third-order valence-electron chi connectivity index (χ3n) is 4.00. The van der Waals surface area contributed by atoms with Crippen molar-refractivity contribution in [1.29, 1.82) is 0 Å². The summed E-state index contributed by atoms with van der Waals surface area (Å²) in [5.74, 6) is -2.60. The molecule has 0 atom stereocenters. The van der Waals surface area contributed by atoms with E-state index in [1.165, 1.54) is 36.4 Å². The number of anilines is 2. The first-order valence-corrected chi connectivity index (χ1v) is 9.70. The van der Waals surface area contributed by atoms with Gasteiger partial charge in [0.15, 0.2) is 0 Å². The van der Waals surface area contributed by atoms with E-state index >= 15 is 0 Å². The highest BCUT2D eigenvalue weighted by Gasteiger charge is 2.18. The van der Waals surface area contributed by atoms with Crippen molar-refractivity contribution in [1.82, 2.24) is 0 Å². The topological polar surface area (TPSA) is 75.3 Å². The van der Waals surface area contributed by atoms with Crippen LogP contribution in [0.4, 0.5) is 20.2 Å². The molecule has 144 valence electrons. The van der Waals surface area contributed by atoms with Crippen LogP contribution in [0, 0.1) is 18.6 Å². The van der Waals surface area contributed by atoms with E-state index in [1.807, 2.05) is 0 Å². The highest BCUT2D eigenvalue weighted by atomic mass is 32.2. The van der Waals surface area contributed by atoms with Gasteiger partial charge in [0.25, 0.3) is 15.9 Å².